The fraction of sp³-hybridized carbons (Fsp3) is 0.778. The van der Waals surface area contributed by atoms with Crippen molar-refractivity contribution in [3.8, 4) is 0 Å². The fourth-order valence-electron chi connectivity index (χ4n) is 0.742. The van der Waals surface area contributed by atoms with Gasteiger partial charge in [0.15, 0.2) is 0 Å². The van der Waals surface area contributed by atoms with Gasteiger partial charge in [-0.15, -0.1) is 0 Å². The van der Waals surface area contributed by atoms with Crippen LogP contribution in [-0.4, -0.2) is 11.2 Å². The molecule has 0 amide bonds. The summed E-state index contributed by atoms with van der Waals surface area (Å²) < 4.78 is 0. The van der Waals surface area contributed by atoms with E-state index in [2.05, 4.69) is 20.8 Å². The molecule has 0 aromatic carbocycles. The highest BCUT2D eigenvalue weighted by molar-refractivity contribution is 4.90. The van der Waals surface area contributed by atoms with Crippen LogP contribution in [0, 0.1) is 5.92 Å². The molecule has 0 spiro atoms. The first-order chi connectivity index (χ1) is 4.66. The molecule has 1 heteroatoms. The Labute approximate surface area is 63.8 Å². The van der Waals surface area contributed by atoms with Crippen molar-refractivity contribution in [3.63, 3.8) is 0 Å². The van der Waals surface area contributed by atoms with Gasteiger partial charge in [0.1, 0.15) is 0 Å². The zero-order chi connectivity index (χ0) is 7.98. The van der Waals surface area contributed by atoms with Gasteiger partial charge < -0.3 is 5.11 Å². The zero-order valence-corrected chi connectivity index (χ0v) is 7.17. The molecule has 0 rings (SSSR count). The third kappa shape index (κ3) is 5.83. The molecule has 0 aromatic heterocycles. The number of rotatable bonds is 4. The molecule has 1 unspecified atom stereocenters. The Hall–Kier alpha value is -0.300. The highest BCUT2D eigenvalue weighted by atomic mass is 16.3. The minimum absolute atomic E-state index is 0.229. The predicted molar refractivity (Wildman–Crippen MR) is 44.9 cm³/mol. The van der Waals surface area contributed by atoms with E-state index in [0.717, 1.165) is 12.8 Å². The summed E-state index contributed by atoms with van der Waals surface area (Å²) in [6.07, 6.45) is 5.62. The third-order valence-electron chi connectivity index (χ3n) is 1.30. The highest BCUT2D eigenvalue weighted by Crippen LogP contribution is 2.00. The Morgan fingerprint density at radius 3 is 2.30 bits per heavy atom. The van der Waals surface area contributed by atoms with Gasteiger partial charge >= 0.3 is 0 Å². The summed E-state index contributed by atoms with van der Waals surface area (Å²) in [5, 5.41) is 9.21. The van der Waals surface area contributed by atoms with Crippen LogP contribution < -0.4 is 0 Å². The summed E-state index contributed by atoms with van der Waals surface area (Å²) in [6, 6.07) is 0. The van der Waals surface area contributed by atoms with Crippen LogP contribution in [-0.2, 0) is 0 Å². The van der Waals surface area contributed by atoms with E-state index in [4.69, 9.17) is 0 Å². The maximum atomic E-state index is 9.21. The van der Waals surface area contributed by atoms with E-state index < -0.39 is 0 Å². The first-order valence-electron chi connectivity index (χ1n) is 4.03. The molecule has 1 N–H and O–H groups in total. The molecule has 0 heterocycles. The Morgan fingerprint density at radius 2 is 1.90 bits per heavy atom. The quantitative estimate of drug-likeness (QED) is 0.597. The number of hydrogen-bond donors (Lipinski definition) is 1. The lowest BCUT2D eigenvalue weighted by atomic mass is 10.1. The Balaban J connectivity index is 3.45. The normalized spacial score (nSPS) is 14.9. The van der Waals surface area contributed by atoms with Gasteiger partial charge in [-0.2, -0.15) is 0 Å². The van der Waals surface area contributed by atoms with Gasteiger partial charge in [0, 0.05) is 0 Å². The summed E-state index contributed by atoms with van der Waals surface area (Å²) in [6.45, 7) is 6.29. The SMILES string of the molecule is CCCC(O)C=CC(C)C. The molecule has 60 valence electrons. The Bertz CT molecular complexity index is 94.9. The van der Waals surface area contributed by atoms with E-state index in [-0.39, 0.29) is 6.10 Å². The van der Waals surface area contributed by atoms with E-state index >= 15 is 0 Å². The predicted octanol–water partition coefficient (Wildman–Crippen LogP) is 2.36. The number of aliphatic hydroxyl groups is 1. The van der Waals surface area contributed by atoms with E-state index in [0.29, 0.717) is 5.92 Å². The molecule has 0 radical (unpaired) electrons. The highest BCUT2D eigenvalue weighted by Gasteiger charge is 1.95. The second-order valence-electron chi connectivity index (χ2n) is 2.98. The number of aliphatic hydroxyl groups excluding tert-OH is 1. The smallest absolute Gasteiger partial charge is 0.0720 e. The van der Waals surface area contributed by atoms with Gasteiger partial charge in [-0.05, 0) is 12.3 Å². The van der Waals surface area contributed by atoms with Crippen molar-refractivity contribution in [2.45, 2.75) is 39.7 Å². The molecule has 10 heavy (non-hydrogen) atoms. The molecular formula is C9H18O. The largest absolute Gasteiger partial charge is 0.389 e. The van der Waals surface area contributed by atoms with Gasteiger partial charge in [-0.1, -0.05) is 39.3 Å². The molecule has 0 aliphatic carbocycles. The molecule has 0 aromatic rings. The van der Waals surface area contributed by atoms with Crippen LogP contribution in [0.1, 0.15) is 33.6 Å². The van der Waals surface area contributed by atoms with Crippen LogP contribution in [0.15, 0.2) is 12.2 Å². The molecule has 0 bridgehead atoms. The van der Waals surface area contributed by atoms with Crippen molar-refractivity contribution >= 4 is 0 Å². The van der Waals surface area contributed by atoms with Crippen molar-refractivity contribution in [2.24, 2.45) is 5.92 Å². The van der Waals surface area contributed by atoms with Crippen LogP contribution in [0.2, 0.25) is 0 Å². The number of hydrogen-bond acceptors (Lipinski definition) is 1. The van der Waals surface area contributed by atoms with Gasteiger partial charge in [-0.3, -0.25) is 0 Å². The minimum Gasteiger partial charge on any atom is -0.389 e. The summed E-state index contributed by atoms with van der Waals surface area (Å²) in [4.78, 5) is 0. The van der Waals surface area contributed by atoms with Crippen LogP contribution in [0.3, 0.4) is 0 Å². The van der Waals surface area contributed by atoms with Crippen molar-refractivity contribution in [1.82, 2.24) is 0 Å². The second kappa shape index (κ2) is 5.48. The van der Waals surface area contributed by atoms with E-state index in [9.17, 15) is 5.11 Å². The second-order valence-corrected chi connectivity index (χ2v) is 2.98. The molecule has 0 saturated heterocycles. The van der Waals surface area contributed by atoms with Crippen molar-refractivity contribution in [2.75, 3.05) is 0 Å². The van der Waals surface area contributed by atoms with E-state index in [1.165, 1.54) is 0 Å². The maximum Gasteiger partial charge on any atom is 0.0720 e. The molecule has 0 saturated carbocycles. The molecule has 1 atom stereocenters. The summed E-state index contributed by atoms with van der Waals surface area (Å²) in [5.41, 5.74) is 0. The van der Waals surface area contributed by atoms with Crippen molar-refractivity contribution in [3.05, 3.63) is 12.2 Å². The number of allylic oxidation sites excluding steroid dienone is 1. The van der Waals surface area contributed by atoms with E-state index in [1.807, 2.05) is 12.2 Å². The molecular weight excluding hydrogens is 124 g/mol. The average molecular weight is 142 g/mol. The lowest BCUT2D eigenvalue weighted by Crippen LogP contribution is -2.00. The Kier molecular flexibility index (Phi) is 5.32. The topological polar surface area (TPSA) is 20.2 Å². The minimum atomic E-state index is -0.229. The van der Waals surface area contributed by atoms with Crippen LogP contribution >= 0.6 is 0 Å². The van der Waals surface area contributed by atoms with Crippen LogP contribution in [0.5, 0.6) is 0 Å². The lowest BCUT2D eigenvalue weighted by molar-refractivity contribution is 0.211. The first kappa shape index (κ1) is 9.70. The molecule has 0 aliphatic rings. The fourth-order valence-corrected chi connectivity index (χ4v) is 0.742. The summed E-state index contributed by atoms with van der Waals surface area (Å²) in [5.74, 6) is 0.548. The van der Waals surface area contributed by atoms with Crippen molar-refractivity contribution < 1.29 is 5.11 Å². The van der Waals surface area contributed by atoms with Gasteiger partial charge in [0.05, 0.1) is 6.10 Å². The first-order valence-corrected chi connectivity index (χ1v) is 4.03. The maximum absolute atomic E-state index is 9.21. The lowest BCUT2D eigenvalue weighted by Gasteiger charge is -2.02. The van der Waals surface area contributed by atoms with Crippen LogP contribution in [0.25, 0.3) is 0 Å². The van der Waals surface area contributed by atoms with Gasteiger partial charge in [0.2, 0.25) is 0 Å². The van der Waals surface area contributed by atoms with E-state index in [1.54, 1.807) is 0 Å². The summed E-state index contributed by atoms with van der Waals surface area (Å²) in [7, 11) is 0. The standard InChI is InChI=1S/C9H18O/c1-4-5-9(10)7-6-8(2)3/h6-10H,4-5H2,1-3H3. The monoisotopic (exact) mass is 142 g/mol. The third-order valence-corrected chi connectivity index (χ3v) is 1.30. The molecule has 1 nitrogen and oxygen atoms in total. The average Bonchev–Trinajstić information content (AvgIpc) is 1.85. The Morgan fingerprint density at radius 1 is 1.30 bits per heavy atom. The summed E-state index contributed by atoms with van der Waals surface area (Å²) >= 11 is 0. The molecule has 0 aliphatic heterocycles. The van der Waals surface area contributed by atoms with Crippen molar-refractivity contribution in [1.29, 1.82) is 0 Å². The van der Waals surface area contributed by atoms with Crippen LogP contribution in [0.4, 0.5) is 0 Å². The molecule has 0 fully saturated rings. The van der Waals surface area contributed by atoms with Gasteiger partial charge in [0.25, 0.3) is 0 Å². The zero-order valence-electron chi connectivity index (χ0n) is 7.17. The van der Waals surface area contributed by atoms with Gasteiger partial charge in [-0.25, -0.2) is 0 Å².